The summed E-state index contributed by atoms with van der Waals surface area (Å²) in [6.07, 6.45) is 5.09. The number of nitrogens with one attached hydrogen (secondary N) is 2. The Labute approximate surface area is 179 Å². The third kappa shape index (κ3) is 6.41. The van der Waals surface area contributed by atoms with Crippen LogP contribution < -0.4 is 20.1 Å². The fraction of sp³-hybridized carbons (Fsp3) is 0.391. The van der Waals surface area contributed by atoms with E-state index in [2.05, 4.69) is 15.4 Å². The van der Waals surface area contributed by atoms with Gasteiger partial charge < -0.3 is 20.1 Å². The van der Waals surface area contributed by atoms with E-state index in [0.29, 0.717) is 16.8 Å². The van der Waals surface area contributed by atoms with Crippen LogP contribution in [0.25, 0.3) is 0 Å². The molecule has 1 fully saturated rings. The average molecular weight is 432 g/mol. The van der Waals surface area contributed by atoms with Crippen molar-refractivity contribution < 1.29 is 27.8 Å². The van der Waals surface area contributed by atoms with Gasteiger partial charge in [-0.3, -0.25) is 9.59 Å². The van der Waals surface area contributed by atoms with E-state index < -0.39 is 6.61 Å². The molecular weight excluding hydrogens is 406 g/mol. The van der Waals surface area contributed by atoms with Crippen LogP contribution in [0.4, 0.5) is 14.5 Å². The molecule has 0 bridgehead atoms. The number of anilines is 1. The van der Waals surface area contributed by atoms with Gasteiger partial charge in [-0.05, 0) is 48.7 Å². The molecule has 0 aromatic heterocycles. The van der Waals surface area contributed by atoms with Crippen molar-refractivity contribution in [3.05, 3.63) is 53.6 Å². The number of ether oxygens (including phenoxy) is 2. The highest BCUT2D eigenvalue weighted by Gasteiger charge is 2.21. The molecule has 2 N–H and O–H groups in total. The number of hydrogen-bond donors (Lipinski definition) is 2. The summed E-state index contributed by atoms with van der Waals surface area (Å²) in [7, 11) is 1.36. The number of alkyl halides is 2. The second-order valence-corrected chi connectivity index (χ2v) is 7.45. The lowest BCUT2D eigenvalue weighted by Crippen LogP contribution is -2.25. The minimum atomic E-state index is -2.98. The number of carbonyl (C=O) groups excluding carboxylic acids is 2. The fourth-order valence-electron chi connectivity index (χ4n) is 3.65. The van der Waals surface area contributed by atoms with Gasteiger partial charge >= 0.3 is 6.61 Å². The molecule has 6 nitrogen and oxygen atoms in total. The highest BCUT2D eigenvalue weighted by Crippen LogP contribution is 2.29. The summed E-state index contributed by atoms with van der Waals surface area (Å²) in [4.78, 5) is 25.0. The van der Waals surface area contributed by atoms with Crippen molar-refractivity contribution in [1.82, 2.24) is 5.32 Å². The molecule has 8 heteroatoms. The van der Waals surface area contributed by atoms with Gasteiger partial charge in [0.2, 0.25) is 5.91 Å². The Hall–Kier alpha value is -3.16. The number of rotatable bonds is 8. The van der Waals surface area contributed by atoms with Crippen LogP contribution in [0.5, 0.6) is 11.5 Å². The Bertz CT molecular complexity index is 914. The van der Waals surface area contributed by atoms with Crippen molar-refractivity contribution in [2.75, 3.05) is 12.4 Å². The Morgan fingerprint density at radius 2 is 1.84 bits per heavy atom. The van der Waals surface area contributed by atoms with E-state index in [0.717, 1.165) is 25.7 Å². The zero-order valence-corrected chi connectivity index (χ0v) is 17.3. The maximum absolute atomic E-state index is 12.6. The van der Waals surface area contributed by atoms with Crippen LogP contribution in [0.3, 0.4) is 0 Å². The van der Waals surface area contributed by atoms with Crippen molar-refractivity contribution in [3.63, 3.8) is 0 Å². The molecule has 0 unspecified atom stereocenters. The highest BCUT2D eigenvalue weighted by atomic mass is 19.3. The first-order valence-electron chi connectivity index (χ1n) is 10.3. The molecule has 2 amide bonds. The van der Waals surface area contributed by atoms with E-state index >= 15 is 0 Å². The van der Waals surface area contributed by atoms with Gasteiger partial charge in [0.25, 0.3) is 5.91 Å². The standard InChI is InChI=1S/C23H26F2N2O4/c1-30-19-11-10-15(12-20(19)31-23(24)25)14-26-21(28)17-8-5-9-18(13-17)27-22(29)16-6-3-2-4-7-16/h5,8-13,16,23H,2-4,6-7,14H2,1H3,(H,26,28)(H,27,29). The first-order valence-corrected chi connectivity index (χ1v) is 10.3. The normalized spacial score (nSPS) is 14.2. The van der Waals surface area contributed by atoms with E-state index in [1.807, 2.05) is 0 Å². The van der Waals surface area contributed by atoms with Gasteiger partial charge in [-0.1, -0.05) is 31.4 Å². The summed E-state index contributed by atoms with van der Waals surface area (Å²) in [5.41, 5.74) is 1.53. The molecule has 0 atom stereocenters. The third-order valence-corrected chi connectivity index (χ3v) is 5.27. The second kappa shape index (κ2) is 10.7. The predicted molar refractivity (Wildman–Crippen MR) is 112 cm³/mol. The van der Waals surface area contributed by atoms with E-state index in [-0.39, 0.29) is 35.8 Å². The van der Waals surface area contributed by atoms with Crippen LogP contribution in [-0.2, 0) is 11.3 Å². The van der Waals surface area contributed by atoms with Gasteiger partial charge in [0.1, 0.15) is 0 Å². The Morgan fingerprint density at radius 3 is 2.55 bits per heavy atom. The maximum atomic E-state index is 12.6. The lowest BCUT2D eigenvalue weighted by molar-refractivity contribution is -0.120. The third-order valence-electron chi connectivity index (χ3n) is 5.27. The number of amides is 2. The van der Waals surface area contributed by atoms with Gasteiger partial charge in [-0.2, -0.15) is 8.78 Å². The Balaban J connectivity index is 1.60. The van der Waals surface area contributed by atoms with Crippen LogP contribution in [0.1, 0.15) is 48.0 Å². The van der Waals surface area contributed by atoms with E-state index in [1.54, 1.807) is 30.3 Å². The van der Waals surface area contributed by atoms with Gasteiger partial charge in [0.05, 0.1) is 7.11 Å². The van der Waals surface area contributed by atoms with Crippen LogP contribution in [0, 0.1) is 5.92 Å². The molecule has 1 aliphatic carbocycles. The van der Waals surface area contributed by atoms with Crippen molar-refractivity contribution in [2.45, 2.75) is 45.3 Å². The van der Waals surface area contributed by atoms with Crippen LogP contribution >= 0.6 is 0 Å². The number of carbonyl (C=O) groups is 2. The van der Waals surface area contributed by atoms with Gasteiger partial charge in [-0.15, -0.1) is 0 Å². The summed E-state index contributed by atoms with van der Waals surface area (Å²) in [5, 5.41) is 5.64. The van der Waals surface area contributed by atoms with Crippen LogP contribution in [0.2, 0.25) is 0 Å². The van der Waals surface area contributed by atoms with Crippen molar-refractivity contribution in [3.8, 4) is 11.5 Å². The van der Waals surface area contributed by atoms with E-state index in [4.69, 9.17) is 4.74 Å². The zero-order valence-electron chi connectivity index (χ0n) is 17.3. The second-order valence-electron chi connectivity index (χ2n) is 7.45. The Kier molecular flexibility index (Phi) is 7.81. The van der Waals surface area contributed by atoms with Crippen molar-refractivity contribution in [2.24, 2.45) is 5.92 Å². The molecule has 0 saturated heterocycles. The summed E-state index contributed by atoms with van der Waals surface area (Å²) in [5.74, 6) is -0.262. The summed E-state index contributed by atoms with van der Waals surface area (Å²) in [6, 6.07) is 11.3. The SMILES string of the molecule is COc1ccc(CNC(=O)c2cccc(NC(=O)C3CCCCC3)c2)cc1OC(F)F. The summed E-state index contributed by atoms with van der Waals surface area (Å²) < 4.78 is 34.6. The van der Waals surface area contributed by atoms with Gasteiger partial charge in [0.15, 0.2) is 11.5 Å². The fourth-order valence-corrected chi connectivity index (χ4v) is 3.65. The largest absolute Gasteiger partial charge is 0.493 e. The van der Waals surface area contributed by atoms with Gasteiger partial charge in [0, 0.05) is 23.7 Å². The zero-order chi connectivity index (χ0) is 22.2. The molecule has 0 spiro atoms. The number of benzene rings is 2. The van der Waals surface area contributed by atoms with Crippen molar-refractivity contribution in [1.29, 1.82) is 0 Å². The minimum absolute atomic E-state index is 0.0120. The van der Waals surface area contributed by atoms with E-state index in [9.17, 15) is 18.4 Å². The molecule has 31 heavy (non-hydrogen) atoms. The van der Waals surface area contributed by atoms with Crippen molar-refractivity contribution >= 4 is 17.5 Å². The first kappa shape index (κ1) is 22.5. The molecule has 1 saturated carbocycles. The van der Waals surface area contributed by atoms with Crippen LogP contribution in [0.15, 0.2) is 42.5 Å². The molecule has 2 aromatic carbocycles. The number of methoxy groups -OCH3 is 1. The Morgan fingerprint density at radius 1 is 1.06 bits per heavy atom. The molecular formula is C23H26F2N2O4. The molecule has 1 aliphatic rings. The summed E-state index contributed by atoms with van der Waals surface area (Å²) in [6.45, 7) is -2.87. The highest BCUT2D eigenvalue weighted by molar-refractivity contribution is 5.97. The lowest BCUT2D eigenvalue weighted by atomic mass is 9.88. The number of halogens is 2. The molecule has 0 radical (unpaired) electrons. The first-order chi connectivity index (χ1) is 15.0. The predicted octanol–water partition coefficient (Wildman–Crippen LogP) is 4.75. The average Bonchev–Trinajstić information content (AvgIpc) is 2.78. The maximum Gasteiger partial charge on any atom is 0.387 e. The monoisotopic (exact) mass is 432 g/mol. The summed E-state index contributed by atoms with van der Waals surface area (Å²) >= 11 is 0. The minimum Gasteiger partial charge on any atom is -0.493 e. The smallest absolute Gasteiger partial charge is 0.387 e. The molecule has 0 heterocycles. The molecule has 0 aliphatic heterocycles. The molecule has 166 valence electrons. The van der Waals surface area contributed by atoms with E-state index in [1.165, 1.54) is 25.7 Å². The van der Waals surface area contributed by atoms with Gasteiger partial charge in [-0.25, -0.2) is 0 Å². The quantitative estimate of drug-likeness (QED) is 0.631. The molecule has 2 aromatic rings. The molecule has 3 rings (SSSR count). The number of hydrogen-bond acceptors (Lipinski definition) is 4. The van der Waals surface area contributed by atoms with Crippen LogP contribution in [-0.4, -0.2) is 25.5 Å². The topological polar surface area (TPSA) is 76.7 Å². The lowest BCUT2D eigenvalue weighted by Gasteiger charge is -2.20.